The van der Waals surface area contributed by atoms with Gasteiger partial charge in [0.05, 0.1) is 30.8 Å². The molecule has 0 saturated carbocycles. The Morgan fingerprint density at radius 3 is 2.83 bits per heavy atom. The second-order valence-electron chi connectivity index (χ2n) is 6.18. The van der Waals surface area contributed by atoms with Gasteiger partial charge in [0.15, 0.2) is 0 Å². The molecule has 0 bridgehead atoms. The molecule has 1 atom stereocenters. The lowest BCUT2D eigenvalue weighted by Crippen LogP contribution is -2.60. The van der Waals surface area contributed by atoms with E-state index in [1.54, 1.807) is 6.07 Å². The third kappa shape index (κ3) is 3.44. The Balaban J connectivity index is 1.73. The molecule has 2 fully saturated rings. The van der Waals surface area contributed by atoms with E-state index in [1.165, 1.54) is 6.07 Å². The van der Waals surface area contributed by atoms with Gasteiger partial charge in [-0.3, -0.25) is 15.0 Å². The summed E-state index contributed by atoms with van der Waals surface area (Å²) in [5, 5.41) is 11.1. The molecule has 0 N–H and O–H groups in total. The van der Waals surface area contributed by atoms with Crippen molar-refractivity contribution in [1.29, 1.82) is 0 Å². The number of nitro groups is 1. The summed E-state index contributed by atoms with van der Waals surface area (Å²) in [6.45, 7) is 10.4. The zero-order valence-electron chi connectivity index (χ0n) is 13.9. The highest BCUT2D eigenvalue weighted by molar-refractivity contribution is 5.51. The summed E-state index contributed by atoms with van der Waals surface area (Å²) in [6.07, 6.45) is 0.530. The average Bonchev–Trinajstić information content (AvgIpc) is 2.52. The normalized spacial score (nSPS) is 22.2. The van der Waals surface area contributed by atoms with Crippen molar-refractivity contribution in [3.8, 4) is 5.88 Å². The van der Waals surface area contributed by atoms with Crippen LogP contribution in [0.25, 0.3) is 0 Å². The molecule has 8 nitrogen and oxygen atoms in total. The highest BCUT2D eigenvalue weighted by Gasteiger charge is 2.34. The third-order valence-corrected chi connectivity index (χ3v) is 4.50. The van der Waals surface area contributed by atoms with E-state index in [2.05, 4.69) is 28.6 Å². The molecule has 24 heavy (non-hydrogen) atoms. The van der Waals surface area contributed by atoms with Gasteiger partial charge in [0.1, 0.15) is 5.82 Å². The average molecular weight is 335 g/mol. The molecule has 0 amide bonds. The molecule has 1 aromatic rings. The van der Waals surface area contributed by atoms with Gasteiger partial charge in [-0.1, -0.05) is 0 Å². The molecule has 2 saturated heterocycles. The fraction of sp³-hybridized carbons (Fsp3) is 0.625. The summed E-state index contributed by atoms with van der Waals surface area (Å²) in [5.41, 5.74) is -0.106. The number of anilines is 1. The zero-order valence-corrected chi connectivity index (χ0v) is 13.9. The smallest absolute Gasteiger partial charge is 0.331 e. The van der Waals surface area contributed by atoms with Gasteiger partial charge in [-0.05, 0) is 26.3 Å². The van der Waals surface area contributed by atoms with Crippen LogP contribution < -0.4 is 9.64 Å². The van der Waals surface area contributed by atoms with Crippen molar-refractivity contribution in [2.24, 2.45) is 0 Å². The van der Waals surface area contributed by atoms with E-state index < -0.39 is 4.92 Å². The van der Waals surface area contributed by atoms with E-state index in [9.17, 15) is 10.1 Å². The second kappa shape index (κ2) is 7.31. The molecule has 3 rings (SSSR count). The van der Waals surface area contributed by atoms with Crippen molar-refractivity contribution in [2.45, 2.75) is 25.4 Å². The lowest BCUT2D eigenvalue weighted by molar-refractivity contribution is -0.386. The standard InChI is InChI=1S/C16H23N4O4/c1-3-8-24-16-14(20(21)22)4-5-15(17-16)18-6-7-19(12(2)9-18)13-10-23-11-13/h4-5,12-13H,1,3,6-11H2,2H3. The van der Waals surface area contributed by atoms with Crippen LogP contribution >= 0.6 is 0 Å². The van der Waals surface area contributed by atoms with E-state index in [4.69, 9.17) is 9.47 Å². The van der Waals surface area contributed by atoms with E-state index in [-0.39, 0.29) is 11.6 Å². The van der Waals surface area contributed by atoms with Crippen molar-refractivity contribution in [2.75, 3.05) is 44.4 Å². The first-order valence-corrected chi connectivity index (χ1v) is 8.26. The van der Waals surface area contributed by atoms with E-state index in [1.807, 2.05) is 0 Å². The van der Waals surface area contributed by atoms with Gasteiger partial charge in [-0.25, -0.2) is 0 Å². The van der Waals surface area contributed by atoms with E-state index >= 15 is 0 Å². The number of pyridine rings is 1. The van der Waals surface area contributed by atoms with Crippen LogP contribution in [0.15, 0.2) is 12.1 Å². The monoisotopic (exact) mass is 335 g/mol. The second-order valence-corrected chi connectivity index (χ2v) is 6.18. The Bertz CT molecular complexity index is 593. The van der Waals surface area contributed by atoms with Crippen LogP contribution in [0.1, 0.15) is 13.3 Å². The van der Waals surface area contributed by atoms with E-state index in [0.717, 1.165) is 38.7 Å². The molecule has 1 aromatic heterocycles. The van der Waals surface area contributed by atoms with Gasteiger partial charge in [0.2, 0.25) is 0 Å². The Morgan fingerprint density at radius 2 is 2.25 bits per heavy atom. The number of piperazine rings is 1. The molecule has 1 unspecified atom stereocenters. The van der Waals surface area contributed by atoms with Crippen LogP contribution in [0.2, 0.25) is 0 Å². The first-order chi connectivity index (χ1) is 11.6. The SMILES string of the molecule is [CH2]CCOc1nc(N2CCN(C3COC3)C(C)C2)ccc1[N+](=O)[O-]. The Hall–Kier alpha value is -1.93. The summed E-state index contributed by atoms with van der Waals surface area (Å²) < 4.78 is 10.7. The minimum absolute atomic E-state index is 0.0728. The molecule has 131 valence electrons. The molecular formula is C16H23N4O4. The molecule has 0 aromatic carbocycles. The first-order valence-electron chi connectivity index (χ1n) is 8.26. The first kappa shape index (κ1) is 16.9. The van der Waals surface area contributed by atoms with Crippen LogP contribution in [0.3, 0.4) is 0 Å². The third-order valence-electron chi connectivity index (χ3n) is 4.50. The largest absolute Gasteiger partial charge is 0.473 e. The van der Waals surface area contributed by atoms with Gasteiger partial charge < -0.3 is 14.4 Å². The van der Waals surface area contributed by atoms with E-state index in [0.29, 0.717) is 25.1 Å². The lowest BCUT2D eigenvalue weighted by Gasteiger charge is -2.46. The van der Waals surface area contributed by atoms with Gasteiger partial charge in [0.25, 0.3) is 5.88 Å². The molecule has 2 aliphatic heterocycles. The fourth-order valence-electron chi connectivity index (χ4n) is 3.15. The summed E-state index contributed by atoms with van der Waals surface area (Å²) >= 11 is 0. The number of aromatic nitrogens is 1. The zero-order chi connectivity index (χ0) is 17.1. The predicted molar refractivity (Wildman–Crippen MR) is 89.3 cm³/mol. The molecule has 0 spiro atoms. The fourth-order valence-corrected chi connectivity index (χ4v) is 3.15. The maximum absolute atomic E-state index is 11.1. The predicted octanol–water partition coefficient (Wildman–Crippen LogP) is 1.50. The Morgan fingerprint density at radius 1 is 1.46 bits per heavy atom. The number of nitrogens with zero attached hydrogens (tertiary/aromatic N) is 4. The summed E-state index contributed by atoms with van der Waals surface area (Å²) in [5.74, 6) is 0.791. The Labute approximate surface area is 141 Å². The highest BCUT2D eigenvalue weighted by Crippen LogP contribution is 2.29. The van der Waals surface area contributed by atoms with Crippen molar-refractivity contribution in [3.63, 3.8) is 0 Å². The minimum atomic E-state index is -0.466. The van der Waals surface area contributed by atoms with Crippen LogP contribution in [-0.4, -0.2) is 66.3 Å². The Kier molecular flexibility index (Phi) is 5.15. The van der Waals surface area contributed by atoms with Crippen LogP contribution in [0, 0.1) is 17.0 Å². The highest BCUT2D eigenvalue weighted by atomic mass is 16.6. The number of rotatable bonds is 6. The van der Waals surface area contributed by atoms with Crippen molar-refractivity contribution in [1.82, 2.24) is 9.88 Å². The van der Waals surface area contributed by atoms with Crippen molar-refractivity contribution in [3.05, 3.63) is 29.2 Å². The number of ether oxygens (including phenoxy) is 2. The molecule has 8 heteroatoms. The van der Waals surface area contributed by atoms with Gasteiger partial charge in [-0.2, -0.15) is 4.98 Å². The van der Waals surface area contributed by atoms with Crippen molar-refractivity contribution < 1.29 is 14.4 Å². The quantitative estimate of drug-likeness (QED) is 0.575. The number of hydrogen-bond acceptors (Lipinski definition) is 7. The van der Waals surface area contributed by atoms with Gasteiger partial charge in [-0.15, -0.1) is 0 Å². The van der Waals surface area contributed by atoms with Gasteiger partial charge in [0, 0.05) is 31.7 Å². The molecular weight excluding hydrogens is 312 g/mol. The topological polar surface area (TPSA) is 81.0 Å². The number of hydrogen-bond donors (Lipinski definition) is 0. The van der Waals surface area contributed by atoms with Gasteiger partial charge >= 0.3 is 5.69 Å². The minimum Gasteiger partial charge on any atom is -0.473 e. The summed E-state index contributed by atoms with van der Waals surface area (Å²) in [4.78, 5) is 19.7. The maximum atomic E-state index is 11.1. The molecule has 3 heterocycles. The van der Waals surface area contributed by atoms with Crippen LogP contribution in [0.5, 0.6) is 5.88 Å². The van der Waals surface area contributed by atoms with Crippen LogP contribution in [0.4, 0.5) is 11.5 Å². The molecule has 1 radical (unpaired) electrons. The summed E-state index contributed by atoms with van der Waals surface area (Å²) in [7, 11) is 0. The molecule has 2 aliphatic rings. The molecule has 0 aliphatic carbocycles. The van der Waals surface area contributed by atoms with Crippen molar-refractivity contribution >= 4 is 11.5 Å². The summed E-state index contributed by atoms with van der Waals surface area (Å²) in [6, 6.07) is 4.07. The lowest BCUT2D eigenvalue weighted by atomic mass is 10.1. The maximum Gasteiger partial charge on any atom is 0.331 e. The van der Waals surface area contributed by atoms with Crippen LogP contribution in [-0.2, 0) is 4.74 Å².